The fraction of sp³-hybridized carbons (Fsp3) is 0.310. The molecule has 1 unspecified atom stereocenters. The molecule has 188 valence electrons. The van der Waals surface area contributed by atoms with E-state index in [1.54, 1.807) is 24.3 Å². The normalized spacial score (nSPS) is 15.2. The van der Waals surface area contributed by atoms with Crippen LogP contribution in [0.2, 0.25) is 0 Å². The van der Waals surface area contributed by atoms with Crippen LogP contribution in [0.3, 0.4) is 0 Å². The molecule has 5 nitrogen and oxygen atoms in total. The summed E-state index contributed by atoms with van der Waals surface area (Å²) in [6.45, 7) is 6.29. The molecule has 36 heavy (non-hydrogen) atoms. The van der Waals surface area contributed by atoms with Gasteiger partial charge in [0.25, 0.3) is 5.91 Å². The summed E-state index contributed by atoms with van der Waals surface area (Å²) in [6, 6.07) is 17.3. The van der Waals surface area contributed by atoms with Gasteiger partial charge >= 0.3 is 0 Å². The second kappa shape index (κ2) is 10.5. The van der Waals surface area contributed by atoms with Crippen molar-refractivity contribution in [1.29, 1.82) is 0 Å². The Balaban J connectivity index is 1.53. The number of nitrogens with one attached hydrogen (secondary N) is 1. The molecule has 0 saturated heterocycles. The first-order valence-corrected chi connectivity index (χ1v) is 11.9. The van der Waals surface area contributed by atoms with Gasteiger partial charge in [-0.25, -0.2) is 8.78 Å². The number of carbonyl (C=O) groups excluding carboxylic acids is 2. The molecule has 0 aliphatic carbocycles. The van der Waals surface area contributed by atoms with Gasteiger partial charge < -0.3 is 15.0 Å². The highest BCUT2D eigenvalue weighted by molar-refractivity contribution is 5.83. The van der Waals surface area contributed by atoms with Crippen molar-refractivity contribution in [2.75, 3.05) is 13.2 Å². The standard InChI is InChI=1S/C29H30F2N2O3/c1-29(2,3)28(35)33-15-14-20-8-13-24(16-25(20)27(33)21-6-11-23(31)12-7-21)36-18-26(34)32-17-19-4-9-22(30)10-5-19/h4-13,16,27H,14-15,17-18H2,1-3H3,(H,32,34). The van der Waals surface area contributed by atoms with Gasteiger partial charge in [-0.1, -0.05) is 51.1 Å². The van der Waals surface area contributed by atoms with Crippen LogP contribution in [0.15, 0.2) is 66.7 Å². The van der Waals surface area contributed by atoms with E-state index in [1.165, 1.54) is 24.3 Å². The van der Waals surface area contributed by atoms with Crippen molar-refractivity contribution in [3.05, 3.63) is 101 Å². The number of amides is 2. The van der Waals surface area contributed by atoms with Gasteiger partial charge in [-0.15, -0.1) is 0 Å². The molecule has 0 bridgehead atoms. The zero-order valence-electron chi connectivity index (χ0n) is 20.7. The zero-order valence-corrected chi connectivity index (χ0v) is 20.7. The Hall–Kier alpha value is -3.74. The molecule has 7 heteroatoms. The van der Waals surface area contributed by atoms with E-state index in [0.717, 1.165) is 22.3 Å². The molecule has 0 saturated carbocycles. The number of hydrogen-bond acceptors (Lipinski definition) is 3. The van der Waals surface area contributed by atoms with Crippen LogP contribution in [0, 0.1) is 17.0 Å². The van der Waals surface area contributed by atoms with Gasteiger partial charge in [0.1, 0.15) is 17.4 Å². The maximum absolute atomic E-state index is 13.7. The third-order valence-electron chi connectivity index (χ3n) is 6.21. The number of hydrogen-bond donors (Lipinski definition) is 1. The molecule has 0 aromatic heterocycles. The first kappa shape index (κ1) is 25.4. The predicted octanol–water partition coefficient (Wildman–Crippen LogP) is 5.18. The number of nitrogens with zero attached hydrogens (tertiary/aromatic N) is 1. The summed E-state index contributed by atoms with van der Waals surface area (Å²) in [5.74, 6) is -0.469. The Kier molecular flexibility index (Phi) is 7.38. The molecule has 2 amide bonds. The lowest BCUT2D eigenvalue weighted by molar-refractivity contribution is -0.141. The number of benzene rings is 3. The first-order chi connectivity index (χ1) is 17.1. The highest BCUT2D eigenvalue weighted by atomic mass is 19.1. The number of halogens is 2. The smallest absolute Gasteiger partial charge is 0.258 e. The molecule has 0 spiro atoms. The Morgan fingerprint density at radius 1 is 0.972 bits per heavy atom. The summed E-state index contributed by atoms with van der Waals surface area (Å²) >= 11 is 0. The average Bonchev–Trinajstić information content (AvgIpc) is 2.86. The van der Waals surface area contributed by atoms with Gasteiger partial charge in [-0.05, 0) is 65.1 Å². The van der Waals surface area contributed by atoms with E-state index in [4.69, 9.17) is 4.74 Å². The van der Waals surface area contributed by atoms with Crippen LogP contribution < -0.4 is 10.1 Å². The van der Waals surface area contributed by atoms with Crippen LogP contribution in [0.1, 0.15) is 49.1 Å². The van der Waals surface area contributed by atoms with Gasteiger partial charge in [-0.2, -0.15) is 0 Å². The van der Waals surface area contributed by atoms with Gasteiger partial charge in [0.2, 0.25) is 5.91 Å². The Morgan fingerprint density at radius 2 is 1.61 bits per heavy atom. The molecule has 0 radical (unpaired) electrons. The fourth-order valence-corrected chi connectivity index (χ4v) is 4.34. The van der Waals surface area contributed by atoms with E-state index in [2.05, 4.69) is 5.32 Å². The summed E-state index contributed by atoms with van der Waals surface area (Å²) in [5.41, 5.74) is 2.99. The lowest BCUT2D eigenvalue weighted by Crippen LogP contribution is -2.45. The van der Waals surface area contributed by atoms with Crippen molar-refractivity contribution in [2.45, 2.75) is 39.8 Å². The molecule has 1 aliphatic heterocycles. The molecule has 1 atom stereocenters. The van der Waals surface area contributed by atoms with Crippen LogP contribution in [0.5, 0.6) is 5.75 Å². The molecule has 1 N–H and O–H groups in total. The van der Waals surface area contributed by atoms with E-state index >= 15 is 0 Å². The van der Waals surface area contributed by atoms with Gasteiger partial charge in [0.05, 0.1) is 6.04 Å². The summed E-state index contributed by atoms with van der Waals surface area (Å²) < 4.78 is 32.5. The maximum Gasteiger partial charge on any atom is 0.258 e. The molecule has 0 fully saturated rings. The summed E-state index contributed by atoms with van der Waals surface area (Å²) in [7, 11) is 0. The Labute approximate surface area is 210 Å². The molecule has 3 aromatic carbocycles. The third kappa shape index (κ3) is 5.90. The largest absolute Gasteiger partial charge is 0.484 e. The van der Waals surface area contributed by atoms with Crippen LogP contribution in [0.4, 0.5) is 8.78 Å². The third-order valence-corrected chi connectivity index (χ3v) is 6.21. The summed E-state index contributed by atoms with van der Waals surface area (Å²) in [6.07, 6.45) is 0.688. The minimum Gasteiger partial charge on any atom is -0.484 e. The van der Waals surface area contributed by atoms with E-state index in [-0.39, 0.29) is 36.6 Å². The lowest BCUT2D eigenvalue weighted by atomic mass is 9.85. The predicted molar refractivity (Wildman–Crippen MR) is 133 cm³/mol. The topological polar surface area (TPSA) is 58.6 Å². The van der Waals surface area contributed by atoms with E-state index < -0.39 is 11.5 Å². The van der Waals surface area contributed by atoms with Gasteiger partial charge in [0.15, 0.2) is 6.61 Å². The number of ether oxygens (including phenoxy) is 1. The molecule has 3 aromatic rings. The SMILES string of the molecule is CC(C)(C)C(=O)N1CCc2ccc(OCC(=O)NCc3ccc(F)cc3)cc2C1c1ccc(F)cc1. The lowest BCUT2D eigenvalue weighted by Gasteiger charge is -2.41. The van der Waals surface area contributed by atoms with Gasteiger partial charge in [-0.3, -0.25) is 9.59 Å². The second-order valence-electron chi connectivity index (χ2n) is 10.0. The fourth-order valence-electron chi connectivity index (χ4n) is 4.34. The van der Waals surface area contributed by atoms with Crippen LogP contribution in [0.25, 0.3) is 0 Å². The molecule has 1 aliphatic rings. The number of carbonyl (C=O) groups is 2. The minimum absolute atomic E-state index is 0.00830. The molecule has 4 rings (SSSR count). The molecule has 1 heterocycles. The highest BCUT2D eigenvalue weighted by Crippen LogP contribution is 2.39. The molecular weight excluding hydrogens is 462 g/mol. The van der Waals surface area contributed by atoms with E-state index in [1.807, 2.05) is 43.9 Å². The summed E-state index contributed by atoms with van der Waals surface area (Å²) in [4.78, 5) is 27.5. The van der Waals surface area contributed by atoms with Gasteiger partial charge in [0, 0.05) is 18.5 Å². The monoisotopic (exact) mass is 492 g/mol. The highest BCUT2D eigenvalue weighted by Gasteiger charge is 2.37. The minimum atomic E-state index is -0.577. The summed E-state index contributed by atoms with van der Waals surface area (Å²) in [5, 5.41) is 2.75. The zero-order chi connectivity index (χ0) is 25.9. The van der Waals surface area contributed by atoms with E-state index in [9.17, 15) is 18.4 Å². The van der Waals surface area contributed by atoms with Crippen molar-refractivity contribution in [2.24, 2.45) is 5.41 Å². The van der Waals surface area contributed by atoms with E-state index in [0.29, 0.717) is 18.7 Å². The van der Waals surface area contributed by atoms with Crippen molar-refractivity contribution in [1.82, 2.24) is 10.2 Å². The van der Waals surface area contributed by atoms with Crippen molar-refractivity contribution in [3.63, 3.8) is 0 Å². The maximum atomic E-state index is 13.7. The van der Waals surface area contributed by atoms with Crippen LogP contribution in [-0.2, 0) is 22.6 Å². The van der Waals surface area contributed by atoms with Crippen molar-refractivity contribution >= 4 is 11.8 Å². The van der Waals surface area contributed by atoms with Crippen LogP contribution in [-0.4, -0.2) is 29.9 Å². The van der Waals surface area contributed by atoms with Crippen molar-refractivity contribution in [3.8, 4) is 5.75 Å². The Morgan fingerprint density at radius 3 is 2.25 bits per heavy atom. The van der Waals surface area contributed by atoms with Crippen molar-refractivity contribution < 1.29 is 23.1 Å². The van der Waals surface area contributed by atoms with Crippen LogP contribution >= 0.6 is 0 Å². The molecular formula is C29H30F2N2O3. The average molecular weight is 493 g/mol. The number of fused-ring (bicyclic) bond motifs is 1. The Bertz CT molecular complexity index is 1230. The first-order valence-electron chi connectivity index (χ1n) is 11.9. The second-order valence-corrected chi connectivity index (χ2v) is 10.0. The quantitative estimate of drug-likeness (QED) is 0.516. The number of rotatable bonds is 6.